The summed E-state index contributed by atoms with van der Waals surface area (Å²) in [6.45, 7) is 1.87. The lowest BCUT2D eigenvalue weighted by molar-refractivity contribution is 0.0444. The van der Waals surface area contributed by atoms with Gasteiger partial charge in [0, 0.05) is 0 Å². The first-order chi connectivity index (χ1) is 7.21. The normalized spacial score (nSPS) is 17.9. The zero-order valence-corrected chi connectivity index (χ0v) is 10.9. The quantitative estimate of drug-likeness (QED) is 0.541. The van der Waals surface area contributed by atoms with Gasteiger partial charge in [-0.3, -0.25) is 9.13 Å². The molecule has 104 valence electrons. The maximum Gasteiger partial charge on any atom is 0.443 e. The van der Waals surface area contributed by atoms with Crippen LogP contribution in [0, 0.1) is 0 Å². The van der Waals surface area contributed by atoms with E-state index in [0.29, 0.717) is 0 Å². The van der Waals surface area contributed by atoms with Crippen molar-refractivity contribution in [1.82, 2.24) is 0 Å². The van der Waals surface area contributed by atoms with E-state index in [-0.39, 0.29) is 6.42 Å². The van der Waals surface area contributed by atoms with Gasteiger partial charge in [-0.15, -0.1) is 0 Å². The molecule has 0 saturated carbocycles. The molecular formula is C6H14F2O7P2. The Kier molecular flexibility index (Phi) is 5.05. The summed E-state index contributed by atoms with van der Waals surface area (Å²) in [5, 5.41) is 4.02. The van der Waals surface area contributed by atoms with Gasteiger partial charge in [0.2, 0.25) is 0 Å². The molecule has 0 aliphatic heterocycles. The van der Waals surface area contributed by atoms with Crippen LogP contribution in [-0.2, 0) is 13.7 Å². The van der Waals surface area contributed by atoms with Crippen LogP contribution in [0.25, 0.3) is 0 Å². The number of hydrogen-bond acceptors (Lipinski definition) is 4. The Hall–Kier alpha value is 0.120. The molecule has 17 heavy (non-hydrogen) atoms. The largest absolute Gasteiger partial charge is 0.443 e. The highest BCUT2D eigenvalue weighted by Gasteiger charge is 2.64. The van der Waals surface area contributed by atoms with Gasteiger partial charge in [-0.1, -0.05) is 0 Å². The van der Waals surface area contributed by atoms with Crippen LogP contribution < -0.4 is 0 Å². The summed E-state index contributed by atoms with van der Waals surface area (Å²) in [6.07, 6.45) is -0.255. The van der Waals surface area contributed by atoms with E-state index >= 15 is 0 Å². The summed E-state index contributed by atoms with van der Waals surface area (Å²) >= 11 is 0. The average Bonchev–Trinajstić information content (AvgIpc) is 1.98. The number of aliphatic hydroxyl groups is 1. The lowest BCUT2D eigenvalue weighted by atomic mass is 10.1. The van der Waals surface area contributed by atoms with Crippen molar-refractivity contribution in [3.05, 3.63) is 0 Å². The molecule has 0 aromatic heterocycles. The van der Waals surface area contributed by atoms with Gasteiger partial charge in [0.15, 0.2) is 0 Å². The molecule has 0 heterocycles. The van der Waals surface area contributed by atoms with E-state index in [4.69, 9.17) is 14.7 Å². The van der Waals surface area contributed by atoms with Crippen LogP contribution in [0.2, 0.25) is 0 Å². The molecule has 4 N–H and O–H groups in total. The molecule has 1 unspecified atom stereocenters. The summed E-state index contributed by atoms with van der Waals surface area (Å²) in [7, 11) is -11.9. The topological polar surface area (TPSA) is 124 Å². The van der Waals surface area contributed by atoms with Gasteiger partial charge < -0.3 is 24.3 Å². The maximum absolute atomic E-state index is 12.9. The fraction of sp³-hybridized carbons (Fsp3) is 1.00. The number of hydrogen-bond donors (Lipinski definition) is 4. The molecule has 0 saturated heterocycles. The molecule has 0 radical (unpaired) electrons. The van der Waals surface area contributed by atoms with Gasteiger partial charge in [-0.05, 0) is 20.3 Å². The van der Waals surface area contributed by atoms with Gasteiger partial charge in [0.25, 0.3) is 0 Å². The van der Waals surface area contributed by atoms with E-state index in [1.54, 1.807) is 0 Å². The Morgan fingerprint density at radius 3 is 1.88 bits per heavy atom. The van der Waals surface area contributed by atoms with Crippen LogP contribution in [0.1, 0.15) is 20.3 Å². The van der Waals surface area contributed by atoms with E-state index in [1.165, 1.54) is 13.8 Å². The Morgan fingerprint density at radius 1 is 1.18 bits per heavy atom. The lowest BCUT2D eigenvalue weighted by Gasteiger charge is -2.24. The molecule has 0 fully saturated rings. The Morgan fingerprint density at radius 2 is 1.59 bits per heavy atom. The Balaban J connectivity index is 4.71. The smallest absolute Gasteiger partial charge is 0.390 e. The van der Waals surface area contributed by atoms with E-state index < -0.39 is 32.8 Å². The van der Waals surface area contributed by atoms with Crippen molar-refractivity contribution in [3.63, 3.8) is 0 Å². The molecule has 0 spiro atoms. The number of rotatable bonds is 6. The van der Waals surface area contributed by atoms with Crippen LogP contribution in [0.4, 0.5) is 8.78 Å². The molecule has 0 aliphatic carbocycles. The van der Waals surface area contributed by atoms with Crippen molar-refractivity contribution >= 4 is 15.2 Å². The van der Waals surface area contributed by atoms with Crippen molar-refractivity contribution in [2.75, 3.05) is 6.61 Å². The second-order valence-corrected chi connectivity index (χ2v) is 7.83. The number of alkyl halides is 2. The second-order valence-electron chi connectivity index (χ2n) is 3.97. The van der Waals surface area contributed by atoms with Gasteiger partial charge in [0.1, 0.15) is 0 Å². The molecular weight excluding hydrogens is 284 g/mol. The monoisotopic (exact) mass is 298 g/mol. The van der Waals surface area contributed by atoms with Gasteiger partial charge >= 0.3 is 20.6 Å². The molecule has 1 atom stereocenters. The van der Waals surface area contributed by atoms with Crippen molar-refractivity contribution < 1.29 is 42.2 Å². The van der Waals surface area contributed by atoms with Gasteiger partial charge in [0.05, 0.1) is 12.2 Å². The van der Waals surface area contributed by atoms with Crippen LogP contribution in [0.15, 0.2) is 0 Å². The van der Waals surface area contributed by atoms with E-state index in [2.05, 4.69) is 4.52 Å². The van der Waals surface area contributed by atoms with Gasteiger partial charge in [-0.25, -0.2) is 0 Å². The Labute approximate surface area is 96.1 Å². The summed E-state index contributed by atoms with van der Waals surface area (Å²) in [4.78, 5) is 25.3. The number of halogens is 2. The molecule has 0 aromatic rings. The first-order valence-electron chi connectivity index (χ1n) is 4.34. The average molecular weight is 298 g/mol. The molecule has 11 heteroatoms. The molecule has 0 bridgehead atoms. The van der Waals surface area contributed by atoms with Crippen molar-refractivity contribution in [3.8, 4) is 0 Å². The fourth-order valence-electron chi connectivity index (χ4n) is 0.661. The summed E-state index contributed by atoms with van der Waals surface area (Å²) in [5.41, 5.74) is -1.32. The minimum atomic E-state index is -6.10. The maximum atomic E-state index is 12.9. The lowest BCUT2D eigenvalue weighted by Crippen LogP contribution is -2.23. The predicted octanol–water partition coefficient (Wildman–Crippen LogP) is 1.08. The van der Waals surface area contributed by atoms with Crippen LogP contribution >= 0.6 is 15.2 Å². The van der Waals surface area contributed by atoms with E-state index in [0.717, 1.165) is 0 Å². The predicted molar refractivity (Wildman–Crippen MR) is 53.7 cm³/mol. The summed E-state index contributed by atoms with van der Waals surface area (Å²) < 4.78 is 51.0. The summed E-state index contributed by atoms with van der Waals surface area (Å²) in [6, 6.07) is 0. The molecule has 7 nitrogen and oxygen atoms in total. The molecule has 0 aliphatic rings. The first-order valence-corrected chi connectivity index (χ1v) is 7.53. The third-order valence-electron chi connectivity index (χ3n) is 1.67. The van der Waals surface area contributed by atoms with Gasteiger partial charge in [-0.2, -0.15) is 8.78 Å². The second kappa shape index (κ2) is 5.01. The highest BCUT2D eigenvalue weighted by Crippen LogP contribution is 2.73. The van der Waals surface area contributed by atoms with Crippen LogP contribution in [0.3, 0.4) is 0 Å². The third-order valence-corrected chi connectivity index (χ3v) is 5.12. The highest BCUT2D eigenvalue weighted by atomic mass is 31.2. The van der Waals surface area contributed by atoms with Crippen LogP contribution in [-0.4, -0.2) is 37.4 Å². The van der Waals surface area contributed by atoms with Crippen molar-refractivity contribution in [2.45, 2.75) is 31.3 Å². The first kappa shape index (κ1) is 17.1. The van der Waals surface area contributed by atoms with Crippen molar-refractivity contribution in [2.24, 2.45) is 0 Å². The fourth-order valence-corrected chi connectivity index (χ4v) is 2.65. The standard InChI is InChI=1S/C6H14F2O7P2/c1-5(2,9)3-4-15-17(13,14)6(7,8)16(10,11)12/h9H,3-4H2,1-2H3,(H,13,14)(H2,10,11,12). The molecule has 0 amide bonds. The van der Waals surface area contributed by atoms with E-state index in [1.807, 2.05) is 0 Å². The highest BCUT2D eigenvalue weighted by molar-refractivity contribution is 7.72. The van der Waals surface area contributed by atoms with Crippen molar-refractivity contribution in [1.29, 1.82) is 0 Å². The summed E-state index contributed by atoms with van der Waals surface area (Å²) in [5.74, 6) is 0. The minimum absolute atomic E-state index is 0.255. The Bertz CT molecular complexity index is 358. The SMILES string of the molecule is CC(C)(O)CCOP(=O)(O)C(F)(F)P(=O)(O)O. The zero-order valence-electron chi connectivity index (χ0n) is 9.08. The zero-order chi connectivity index (χ0) is 14.1. The van der Waals surface area contributed by atoms with E-state index in [9.17, 15) is 23.0 Å². The molecule has 0 aromatic carbocycles. The minimum Gasteiger partial charge on any atom is -0.390 e. The third kappa shape index (κ3) is 4.71. The van der Waals surface area contributed by atoms with Crippen LogP contribution in [0.5, 0.6) is 0 Å². The molecule has 0 rings (SSSR count).